The van der Waals surface area contributed by atoms with Crippen LogP contribution in [-0.4, -0.2) is 10.8 Å². The number of hydrogen-bond acceptors (Lipinski definition) is 4. The van der Waals surface area contributed by atoms with Gasteiger partial charge in [0.25, 0.3) is 5.69 Å². The number of carbonyl (C=O) groups excluding carboxylic acids is 1. The van der Waals surface area contributed by atoms with Gasteiger partial charge >= 0.3 is 0 Å². The average molecular weight is 326 g/mol. The highest BCUT2D eigenvalue weighted by Crippen LogP contribution is 2.27. The molecule has 1 aromatic carbocycles. The Kier molecular flexibility index (Phi) is 5.45. The molecular formula is C12H12BrN3O3. The highest BCUT2D eigenvalue weighted by atomic mass is 79.9. The van der Waals surface area contributed by atoms with Crippen molar-refractivity contribution in [2.45, 2.75) is 19.8 Å². The van der Waals surface area contributed by atoms with Gasteiger partial charge in [-0.15, -0.1) is 0 Å². The number of non-ortho nitro benzene ring substituents is 1. The summed E-state index contributed by atoms with van der Waals surface area (Å²) in [4.78, 5) is 22.0. The Morgan fingerprint density at radius 1 is 1.63 bits per heavy atom. The molecule has 0 aromatic heterocycles. The Labute approximate surface area is 118 Å². The predicted octanol–water partition coefficient (Wildman–Crippen LogP) is 3.24. The van der Waals surface area contributed by atoms with Crippen LogP contribution in [0.3, 0.4) is 0 Å². The third kappa shape index (κ3) is 4.03. The van der Waals surface area contributed by atoms with E-state index in [0.717, 1.165) is 0 Å². The lowest BCUT2D eigenvalue weighted by molar-refractivity contribution is -0.384. The molecule has 1 aromatic rings. The molecule has 1 unspecified atom stereocenters. The lowest BCUT2D eigenvalue weighted by Gasteiger charge is -2.10. The second-order valence-electron chi connectivity index (χ2n) is 3.88. The summed E-state index contributed by atoms with van der Waals surface area (Å²) in [7, 11) is 0. The number of halogens is 1. The molecule has 100 valence electrons. The van der Waals surface area contributed by atoms with Crippen molar-refractivity contribution < 1.29 is 9.72 Å². The van der Waals surface area contributed by atoms with Crippen molar-refractivity contribution in [2.75, 3.05) is 5.32 Å². The van der Waals surface area contributed by atoms with Crippen LogP contribution in [0.1, 0.15) is 19.8 Å². The van der Waals surface area contributed by atoms with Crippen LogP contribution in [0.2, 0.25) is 0 Å². The first-order valence-electron chi connectivity index (χ1n) is 5.64. The van der Waals surface area contributed by atoms with Crippen molar-refractivity contribution >= 4 is 33.2 Å². The van der Waals surface area contributed by atoms with E-state index in [1.54, 1.807) is 0 Å². The Balaban J connectivity index is 2.93. The number of amides is 1. The Morgan fingerprint density at radius 2 is 2.32 bits per heavy atom. The fraction of sp³-hybridized carbons (Fsp3) is 0.333. The summed E-state index contributed by atoms with van der Waals surface area (Å²) in [6, 6.07) is 5.98. The molecule has 0 saturated carbocycles. The van der Waals surface area contributed by atoms with E-state index in [9.17, 15) is 14.9 Å². The third-order valence-corrected chi connectivity index (χ3v) is 3.16. The van der Waals surface area contributed by atoms with Crippen molar-refractivity contribution in [2.24, 2.45) is 5.92 Å². The molecule has 0 aliphatic rings. The quantitative estimate of drug-likeness (QED) is 0.663. The number of nitrogens with zero attached hydrogens (tertiary/aromatic N) is 2. The van der Waals surface area contributed by atoms with Gasteiger partial charge in [0, 0.05) is 16.6 Å². The fourth-order valence-electron chi connectivity index (χ4n) is 1.49. The molecule has 0 radical (unpaired) electrons. The summed E-state index contributed by atoms with van der Waals surface area (Å²) in [6.45, 7) is 1.88. The van der Waals surface area contributed by atoms with Crippen LogP contribution in [0.15, 0.2) is 22.7 Å². The van der Waals surface area contributed by atoms with Crippen LogP contribution in [-0.2, 0) is 4.79 Å². The SMILES string of the molecule is CCCC(C#N)C(=O)Nc1cc([N+](=O)[O-])ccc1Br. The monoisotopic (exact) mass is 325 g/mol. The van der Waals surface area contributed by atoms with Crippen LogP contribution in [0.5, 0.6) is 0 Å². The molecule has 19 heavy (non-hydrogen) atoms. The summed E-state index contributed by atoms with van der Waals surface area (Å²) in [5, 5.41) is 22.1. The molecule has 1 N–H and O–H groups in total. The summed E-state index contributed by atoms with van der Waals surface area (Å²) in [5.74, 6) is -1.21. The van der Waals surface area contributed by atoms with E-state index in [1.165, 1.54) is 18.2 Å². The van der Waals surface area contributed by atoms with E-state index in [1.807, 2.05) is 13.0 Å². The van der Waals surface area contributed by atoms with Gasteiger partial charge in [0.2, 0.25) is 5.91 Å². The number of rotatable bonds is 5. The summed E-state index contributed by atoms with van der Waals surface area (Å²) in [5.41, 5.74) is 0.165. The van der Waals surface area contributed by atoms with Crippen molar-refractivity contribution in [1.29, 1.82) is 5.26 Å². The molecule has 6 nitrogen and oxygen atoms in total. The Hall–Kier alpha value is -1.94. The number of nitro benzene ring substituents is 1. The topological polar surface area (TPSA) is 96.0 Å². The van der Waals surface area contributed by atoms with Crippen LogP contribution in [0.25, 0.3) is 0 Å². The molecule has 0 saturated heterocycles. The van der Waals surface area contributed by atoms with Gasteiger partial charge in [-0.25, -0.2) is 0 Å². The maximum absolute atomic E-state index is 11.8. The Morgan fingerprint density at radius 3 is 2.84 bits per heavy atom. The summed E-state index contributed by atoms with van der Waals surface area (Å²) < 4.78 is 0.527. The van der Waals surface area contributed by atoms with E-state index in [4.69, 9.17) is 5.26 Å². The second-order valence-corrected chi connectivity index (χ2v) is 4.74. The standard InChI is InChI=1S/C12H12BrN3O3/c1-2-3-8(7-14)12(17)15-11-6-9(16(18)19)4-5-10(11)13/h4-6,8H,2-3H2,1H3,(H,15,17). The minimum absolute atomic E-state index is 0.123. The number of nitro groups is 1. The first-order chi connectivity index (χ1) is 8.99. The third-order valence-electron chi connectivity index (χ3n) is 2.47. The number of benzene rings is 1. The van der Waals surface area contributed by atoms with Crippen LogP contribution in [0, 0.1) is 27.4 Å². The zero-order valence-corrected chi connectivity index (χ0v) is 11.8. The largest absolute Gasteiger partial charge is 0.324 e. The Bertz CT molecular complexity index is 540. The predicted molar refractivity (Wildman–Crippen MR) is 73.4 cm³/mol. The van der Waals surface area contributed by atoms with Gasteiger partial charge in [0.15, 0.2) is 0 Å². The van der Waals surface area contributed by atoms with Gasteiger partial charge in [-0.2, -0.15) is 5.26 Å². The molecule has 0 bridgehead atoms. The van der Waals surface area contributed by atoms with Gasteiger partial charge < -0.3 is 5.32 Å². The molecule has 1 atom stereocenters. The van der Waals surface area contributed by atoms with Crippen molar-refractivity contribution in [3.05, 3.63) is 32.8 Å². The minimum atomic E-state index is -0.754. The highest BCUT2D eigenvalue weighted by Gasteiger charge is 2.19. The smallest absolute Gasteiger partial charge is 0.271 e. The van der Waals surface area contributed by atoms with Gasteiger partial charge in [-0.1, -0.05) is 13.3 Å². The van der Waals surface area contributed by atoms with Crippen molar-refractivity contribution in [3.8, 4) is 6.07 Å². The molecule has 1 amide bonds. The van der Waals surface area contributed by atoms with E-state index >= 15 is 0 Å². The molecular weight excluding hydrogens is 314 g/mol. The van der Waals surface area contributed by atoms with E-state index in [0.29, 0.717) is 17.3 Å². The number of nitrogens with one attached hydrogen (secondary N) is 1. The zero-order valence-electron chi connectivity index (χ0n) is 10.2. The van der Waals surface area contributed by atoms with Gasteiger partial charge in [0.05, 0.1) is 16.7 Å². The molecule has 7 heteroatoms. The van der Waals surface area contributed by atoms with E-state index in [2.05, 4.69) is 21.2 Å². The molecule has 0 spiro atoms. The molecule has 0 heterocycles. The van der Waals surface area contributed by atoms with Crippen LogP contribution in [0.4, 0.5) is 11.4 Å². The average Bonchev–Trinajstić information content (AvgIpc) is 2.38. The molecule has 0 fully saturated rings. The fourth-order valence-corrected chi connectivity index (χ4v) is 1.83. The summed E-state index contributed by atoms with van der Waals surface area (Å²) in [6.07, 6.45) is 1.16. The van der Waals surface area contributed by atoms with E-state index in [-0.39, 0.29) is 11.4 Å². The van der Waals surface area contributed by atoms with Crippen LogP contribution >= 0.6 is 15.9 Å². The highest BCUT2D eigenvalue weighted by molar-refractivity contribution is 9.10. The first-order valence-corrected chi connectivity index (χ1v) is 6.43. The number of nitriles is 1. The van der Waals surface area contributed by atoms with E-state index < -0.39 is 16.7 Å². The second kappa shape index (κ2) is 6.85. The number of anilines is 1. The zero-order chi connectivity index (χ0) is 14.4. The van der Waals surface area contributed by atoms with Crippen molar-refractivity contribution in [3.63, 3.8) is 0 Å². The summed E-state index contributed by atoms with van der Waals surface area (Å²) >= 11 is 3.20. The molecule has 0 aliphatic carbocycles. The molecule has 0 aliphatic heterocycles. The normalized spacial score (nSPS) is 11.4. The lowest BCUT2D eigenvalue weighted by Crippen LogP contribution is -2.21. The number of carbonyl (C=O) groups is 1. The van der Waals surface area contributed by atoms with Gasteiger partial charge in [-0.05, 0) is 28.4 Å². The van der Waals surface area contributed by atoms with Crippen LogP contribution < -0.4 is 5.32 Å². The minimum Gasteiger partial charge on any atom is -0.324 e. The van der Waals surface area contributed by atoms with Gasteiger partial charge in [0.1, 0.15) is 5.92 Å². The number of hydrogen-bond donors (Lipinski definition) is 1. The van der Waals surface area contributed by atoms with Gasteiger partial charge in [-0.3, -0.25) is 14.9 Å². The maximum Gasteiger partial charge on any atom is 0.271 e. The maximum atomic E-state index is 11.8. The van der Waals surface area contributed by atoms with Crippen molar-refractivity contribution in [1.82, 2.24) is 0 Å². The lowest BCUT2D eigenvalue weighted by atomic mass is 10.0. The molecule has 1 rings (SSSR count). The first kappa shape index (κ1) is 15.1.